The Kier molecular flexibility index (Phi) is 8.61. The van der Waals surface area contributed by atoms with Gasteiger partial charge in [0.2, 0.25) is 5.91 Å². The highest BCUT2D eigenvalue weighted by Gasteiger charge is 2.08. The van der Waals surface area contributed by atoms with Crippen molar-refractivity contribution in [1.82, 2.24) is 5.32 Å². The maximum absolute atomic E-state index is 14.9. The Morgan fingerprint density at radius 1 is 0.969 bits per heavy atom. The third kappa shape index (κ3) is 6.55. The van der Waals surface area contributed by atoms with Crippen molar-refractivity contribution < 1.29 is 13.9 Å². The molecule has 0 atom stereocenters. The van der Waals surface area contributed by atoms with Crippen LogP contribution in [0.2, 0.25) is 0 Å². The number of halogens is 1. The molecular formula is C28H30FNO2. The van der Waals surface area contributed by atoms with E-state index in [-0.39, 0.29) is 11.7 Å². The predicted molar refractivity (Wildman–Crippen MR) is 129 cm³/mol. The minimum Gasteiger partial charge on any atom is -0.492 e. The van der Waals surface area contributed by atoms with E-state index in [2.05, 4.69) is 31.0 Å². The average Bonchev–Trinajstić information content (AvgIpc) is 2.83. The number of hydrogen-bond donors (Lipinski definition) is 1. The van der Waals surface area contributed by atoms with E-state index in [0.717, 1.165) is 23.1 Å². The second-order valence-electron chi connectivity index (χ2n) is 7.72. The summed E-state index contributed by atoms with van der Waals surface area (Å²) < 4.78 is 20.5. The molecule has 166 valence electrons. The van der Waals surface area contributed by atoms with Gasteiger partial charge in [-0.2, -0.15) is 0 Å². The minimum atomic E-state index is -0.237. The Morgan fingerprint density at radius 3 is 2.31 bits per heavy atom. The molecule has 0 aliphatic heterocycles. The van der Waals surface area contributed by atoms with E-state index >= 15 is 0 Å². The van der Waals surface area contributed by atoms with Gasteiger partial charge in [-0.1, -0.05) is 74.9 Å². The Bertz CT molecular complexity index is 1030. The number of carbonyl (C=O) groups is 1. The highest BCUT2D eigenvalue weighted by Crippen LogP contribution is 2.29. The van der Waals surface area contributed by atoms with Crippen molar-refractivity contribution in [3.63, 3.8) is 0 Å². The highest BCUT2D eigenvalue weighted by molar-refractivity contribution is 5.86. The topological polar surface area (TPSA) is 38.3 Å². The van der Waals surface area contributed by atoms with Crippen LogP contribution in [0.25, 0.3) is 22.3 Å². The number of unbranched alkanes of at least 4 members (excludes halogenated alkanes) is 2. The molecule has 3 aromatic rings. The van der Waals surface area contributed by atoms with Crippen LogP contribution in [-0.2, 0) is 11.2 Å². The number of amides is 1. The predicted octanol–water partition coefficient (Wildman–Crippen LogP) is 6.57. The summed E-state index contributed by atoms with van der Waals surface area (Å²) >= 11 is 0. The fourth-order valence-corrected chi connectivity index (χ4v) is 3.52. The van der Waals surface area contributed by atoms with E-state index in [0.29, 0.717) is 24.5 Å². The summed E-state index contributed by atoms with van der Waals surface area (Å²) in [7, 11) is 0. The largest absolute Gasteiger partial charge is 0.492 e. The number of ether oxygens (including phenoxy) is 1. The summed E-state index contributed by atoms with van der Waals surface area (Å²) in [5.74, 6) is 0.231. The molecule has 0 aliphatic carbocycles. The van der Waals surface area contributed by atoms with Gasteiger partial charge < -0.3 is 10.1 Å². The zero-order valence-electron chi connectivity index (χ0n) is 18.6. The van der Waals surface area contributed by atoms with Gasteiger partial charge in [-0.25, -0.2) is 4.39 Å². The standard InChI is InChI=1S/C28H30FNO2/c1-3-5-6-7-21-8-10-23(11-9-21)26-17-14-24(20-27(26)29)22-12-15-25(16-13-22)32-19-18-30-28(31)4-2/h4,8-17,20H,2-3,5-7,18-19H2,1H3,(H,30,31). The molecule has 0 fully saturated rings. The number of aryl methyl sites for hydroxylation is 1. The monoisotopic (exact) mass is 431 g/mol. The van der Waals surface area contributed by atoms with E-state index in [1.54, 1.807) is 6.07 Å². The van der Waals surface area contributed by atoms with Crippen molar-refractivity contribution >= 4 is 5.91 Å². The molecule has 0 saturated heterocycles. The molecule has 0 aliphatic rings. The molecule has 3 aromatic carbocycles. The van der Waals surface area contributed by atoms with E-state index < -0.39 is 0 Å². The quantitative estimate of drug-likeness (QED) is 0.275. The van der Waals surface area contributed by atoms with Gasteiger partial charge in [-0.15, -0.1) is 0 Å². The Hall–Kier alpha value is -3.40. The summed E-state index contributed by atoms with van der Waals surface area (Å²) in [6.07, 6.45) is 5.93. The lowest BCUT2D eigenvalue weighted by Gasteiger charge is -2.10. The third-order valence-electron chi connectivity index (χ3n) is 5.35. The molecular weight excluding hydrogens is 401 g/mol. The fourth-order valence-electron chi connectivity index (χ4n) is 3.52. The van der Waals surface area contributed by atoms with E-state index in [4.69, 9.17) is 4.74 Å². The molecule has 0 saturated carbocycles. The van der Waals surface area contributed by atoms with Gasteiger partial charge >= 0.3 is 0 Å². The second-order valence-corrected chi connectivity index (χ2v) is 7.72. The lowest BCUT2D eigenvalue weighted by atomic mass is 9.98. The summed E-state index contributed by atoms with van der Waals surface area (Å²) in [6, 6.07) is 21.0. The molecule has 0 bridgehead atoms. The zero-order chi connectivity index (χ0) is 22.8. The lowest BCUT2D eigenvalue weighted by molar-refractivity contribution is -0.116. The maximum Gasteiger partial charge on any atom is 0.243 e. The molecule has 3 nitrogen and oxygen atoms in total. The van der Waals surface area contributed by atoms with Crippen LogP contribution in [0.15, 0.2) is 79.4 Å². The van der Waals surface area contributed by atoms with Crippen molar-refractivity contribution in [1.29, 1.82) is 0 Å². The average molecular weight is 432 g/mol. The molecule has 0 aromatic heterocycles. The summed E-state index contributed by atoms with van der Waals surface area (Å²) in [6.45, 7) is 6.36. The van der Waals surface area contributed by atoms with Crippen molar-refractivity contribution in [2.45, 2.75) is 32.6 Å². The van der Waals surface area contributed by atoms with Crippen molar-refractivity contribution in [2.75, 3.05) is 13.2 Å². The minimum absolute atomic E-state index is 0.225. The SMILES string of the molecule is C=CC(=O)NCCOc1ccc(-c2ccc(-c3ccc(CCCCC)cc3)c(F)c2)cc1. The van der Waals surface area contributed by atoms with Crippen LogP contribution >= 0.6 is 0 Å². The van der Waals surface area contributed by atoms with Gasteiger partial charge in [0.15, 0.2) is 0 Å². The molecule has 32 heavy (non-hydrogen) atoms. The van der Waals surface area contributed by atoms with Crippen LogP contribution in [-0.4, -0.2) is 19.1 Å². The molecule has 1 N–H and O–H groups in total. The summed E-state index contributed by atoms with van der Waals surface area (Å²) in [5.41, 5.74) is 4.52. The number of carbonyl (C=O) groups excluding carboxylic acids is 1. The van der Waals surface area contributed by atoms with Gasteiger partial charge in [0, 0.05) is 5.56 Å². The number of benzene rings is 3. The van der Waals surface area contributed by atoms with Gasteiger partial charge in [0.05, 0.1) is 6.54 Å². The third-order valence-corrected chi connectivity index (χ3v) is 5.35. The first-order valence-corrected chi connectivity index (χ1v) is 11.1. The molecule has 3 rings (SSSR count). The van der Waals surface area contributed by atoms with Crippen LogP contribution in [0.5, 0.6) is 5.75 Å². The van der Waals surface area contributed by atoms with Gasteiger partial charge in [-0.05, 0) is 59.4 Å². The first-order valence-electron chi connectivity index (χ1n) is 11.1. The highest BCUT2D eigenvalue weighted by atomic mass is 19.1. The van der Waals surface area contributed by atoms with Crippen LogP contribution in [0.3, 0.4) is 0 Å². The Morgan fingerprint density at radius 2 is 1.66 bits per heavy atom. The van der Waals surface area contributed by atoms with Crippen molar-refractivity contribution in [2.24, 2.45) is 0 Å². The van der Waals surface area contributed by atoms with Gasteiger partial charge in [-0.3, -0.25) is 4.79 Å². The maximum atomic E-state index is 14.9. The number of rotatable bonds is 11. The molecule has 0 heterocycles. The van der Waals surface area contributed by atoms with E-state index in [1.807, 2.05) is 48.5 Å². The molecule has 0 radical (unpaired) electrons. The van der Waals surface area contributed by atoms with Crippen molar-refractivity contribution in [3.05, 3.63) is 90.8 Å². The fraction of sp³-hybridized carbons (Fsp3) is 0.250. The smallest absolute Gasteiger partial charge is 0.243 e. The van der Waals surface area contributed by atoms with Crippen LogP contribution in [0.1, 0.15) is 31.7 Å². The van der Waals surface area contributed by atoms with Gasteiger partial charge in [0.1, 0.15) is 18.2 Å². The normalized spacial score (nSPS) is 10.6. The summed E-state index contributed by atoms with van der Waals surface area (Å²) in [5, 5.41) is 2.66. The van der Waals surface area contributed by atoms with Crippen LogP contribution in [0, 0.1) is 5.82 Å². The lowest BCUT2D eigenvalue weighted by Crippen LogP contribution is -2.26. The first-order chi connectivity index (χ1) is 15.6. The van der Waals surface area contributed by atoms with E-state index in [1.165, 1.54) is 30.9 Å². The van der Waals surface area contributed by atoms with Crippen LogP contribution < -0.4 is 10.1 Å². The molecule has 0 spiro atoms. The number of hydrogen-bond acceptors (Lipinski definition) is 2. The van der Waals surface area contributed by atoms with Crippen LogP contribution in [0.4, 0.5) is 4.39 Å². The Balaban J connectivity index is 1.62. The zero-order valence-corrected chi connectivity index (χ0v) is 18.6. The number of nitrogens with one attached hydrogen (secondary N) is 1. The van der Waals surface area contributed by atoms with Gasteiger partial charge in [0.25, 0.3) is 0 Å². The van der Waals surface area contributed by atoms with Crippen molar-refractivity contribution in [3.8, 4) is 28.0 Å². The Labute approximate surface area is 189 Å². The molecule has 1 amide bonds. The first kappa shape index (κ1) is 23.3. The second kappa shape index (κ2) is 11.8. The van der Waals surface area contributed by atoms with E-state index in [9.17, 15) is 9.18 Å². The molecule has 4 heteroatoms. The molecule has 0 unspecified atom stereocenters. The summed E-state index contributed by atoms with van der Waals surface area (Å²) in [4.78, 5) is 11.1.